The van der Waals surface area contributed by atoms with E-state index in [9.17, 15) is 14.4 Å². The van der Waals surface area contributed by atoms with Gasteiger partial charge in [0.05, 0.1) is 12.2 Å². The lowest BCUT2D eigenvalue weighted by Crippen LogP contribution is -2.60. The summed E-state index contributed by atoms with van der Waals surface area (Å²) >= 11 is 0. The predicted octanol–water partition coefficient (Wildman–Crippen LogP) is 1.57. The van der Waals surface area contributed by atoms with Crippen molar-refractivity contribution < 1.29 is 14.4 Å². The van der Waals surface area contributed by atoms with Crippen LogP contribution in [0, 0.1) is 0 Å². The normalized spacial score (nSPS) is 24.4. The molecule has 2 fully saturated rings. The van der Waals surface area contributed by atoms with Gasteiger partial charge in [-0.15, -0.1) is 0 Å². The summed E-state index contributed by atoms with van der Waals surface area (Å²) in [6, 6.07) is 12.1. The Hall–Kier alpha value is -2.97. The summed E-state index contributed by atoms with van der Waals surface area (Å²) in [6.45, 7) is 2.49. The van der Waals surface area contributed by atoms with Crippen molar-refractivity contribution in [1.29, 1.82) is 0 Å². The molecular formula is C24H31N5O3. The minimum absolute atomic E-state index is 0.200. The SMILES string of the molecule is CN[C@@H](C)C(=O)N[C@H]1CCCNC2CCC(C(=O)Nc3cccc4ccccc34)N2C1=O. The molecule has 3 amide bonds. The average Bonchev–Trinajstić information content (AvgIpc) is 3.22. The van der Waals surface area contributed by atoms with Gasteiger partial charge in [0, 0.05) is 11.1 Å². The molecule has 0 bridgehead atoms. The van der Waals surface area contributed by atoms with Crippen molar-refractivity contribution in [2.24, 2.45) is 0 Å². The number of benzene rings is 2. The molecule has 170 valence electrons. The highest BCUT2D eigenvalue weighted by Gasteiger charge is 2.44. The summed E-state index contributed by atoms with van der Waals surface area (Å²) < 4.78 is 0. The second-order valence-corrected chi connectivity index (χ2v) is 8.54. The van der Waals surface area contributed by atoms with Gasteiger partial charge in [0.15, 0.2) is 0 Å². The van der Waals surface area contributed by atoms with Crippen LogP contribution >= 0.6 is 0 Å². The number of hydrogen-bond donors (Lipinski definition) is 4. The molecule has 0 aliphatic carbocycles. The monoisotopic (exact) mass is 437 g/mol. The largest absolute Gasteiger partial charge is 0.343 e. The van der Waals surface area contributed by atoms with Crippen LogP contribution in [0.5, 0.6) is 0 Å². The first-order chi connectivity index (χ1) is 15.5. The minimum Gasteiger partial charge on any atom is -0.343 e. The van der Waals surface area contributed by atoms with Gasteiger partial charge in [-0.3, -0.25) is 19.7 Å². The van der Waals surface area contributed by atoms with Crippen LogP contribution in [0.25, 0.3) is 10.8 Å². The fraction of sp³-hybridized carbons (Fsp3) is 0.458. The van der Waals surface area contributed by atoms with Crippen molar-refractivity contribution in [2.45, 2.75) is 56.9 Å². The molecule has 2 aliphatic rings. The number of amides is 3. The second kappa shape index (κ2) is 9.67. The third-order valence-electron chi connectivity index (χ3n) is 6.48. The number of hydrogen-bond acceptors (Lipinski definition) is 5. The van der Waals surface area contributed by atoms with E-state index in [0.717, 1.165) is 29.4 Å². The zero-order valence-electron chi connectivity index (χ0n) is 18.6. The quantitative estimate of drug-likeness (QED) is 0.569. The number of likely N-dealkylation sites (N-methyl/N-ethyl adjacent to an activating group) is 1. The third kappa shape index (κ3) is 4.47. The third-order valence-corrected chi connectivity index (χ3v) is 6.48. The van der Waals surface area contributed by atoms with Crippen LogP contribution in [0.3, 0.4) is 0 Å². The first kappa shape index (κ1) is 22.2. The maximum absolute atomic E-state index is 13.5. The molecule has 2 aromatic rings. The fourth-order valence-electron chi connectivity index (χ4n) is 4.57. The maximum atomic E-state index is 13.5. The zero-order chi connectivity index (χ0) is 22.7. The second-order valence-electron chi connectivity index (χ2n) is 8.54. The van der Waals surface area contributed by atoms with Crippen molar-refractivity contribution in [1.82, 2.24) is 20.9 Å². The molecule has 4 rings (SSSR count). The van der Waals surface area contributed by atoms with Gasteiger partial charge < -0.3 is 20.9 Å². The predicted molar refractivity (Wildman–Crippen MR) is 124 cm³/mol. The molecule has 2 unspecified atom stereocenters. The maximum Gasteiger partial charge on any atom is 0.247 e. The number of nitrogens with one attached hydrogen (secondary N) is 4. The molecular weight excluding hydrogens is 406 g/mol. The molecule has 2 saturated heterocycles. The molecule has 8 heteroatoms. The van der Waals surface area contributed by atoms with E-state index in [4.69, 9.17) is 0 Å². The highest BCUT2D eigenvalue weighted by Crippen LogP contribution is 2.28. The summed E-state index contributed by atoms with van der Waals surface area (Å²) in [7, 11) is 1.71. The van der Waals surface area contributed by atoms with Crippen molar-refractivity contribution >= 4 is 34.2 Å². The molecule has 0 radical (unpaired) electrons. The van der Waals surface area contributed by atoms with Crippen molar-refractivity contribution in [3.05, 3.63) is 42.5 Å². The van der Waals surface area contributed by atoms with E-state index in [1.807, 2.05) is 42.5 Å². The Bertz CT molecular complexity index is 1000. The van der Waals surface area contributed by atoms with Gasteiger partial charge in [0.2, 0.25) is 17.7 Å². The van der Waals surface area contributed by atoms with E-state index in [0.29, 0.717) is 19.3 Å². The van der Waals surface area contributed by atoms with Crippen LogP contribution in [-0.2, 0) is 14.4 Å². The van der Waals surface area contributed by atoms with Crippen LogP contribution in [0.15, 0.2) is 42.5 Å². The standard InChI is InChI=1S/C24H31N5O3/c1-15(25-2)22(30)28-19-11-6-14-26-21-13-12-20(29(21)24(19)32)23(31)27-18-10-5-8-16-7-3-4-9-17(16)18/h3-5,7-10,15,19-21,25-26H,6,11-14H2,1-2H3,(H,27,31)(H,28,30)/t15-,19-,20?,21?/m0/s1. The Labute approximate surface area is 188 Å². The average molecular weight is 438 g/mol. The van der Waals surface area contributed by atoms with Crippen molar-refractivity contribution in [2.75, 3.05) is 18.9 Å². The molecule has 2 aromatic carbocycles. The first-order valence-corrected chi connectivity index (χ1v) is 11.3. The summed E-state index contributed by atoms with van der Waals surface area (Å²) in [5, 5.41) is 14.2. The summed E-state index contributed by atoms with van der Waals surface area (Å²) in [5.41, 5.74) is 0.733. The van der Waals surface area contributed by atoms with E-state index >= 15 is 0 Å². The van der Waals surface area contributed by atoms with Gasteiger partial charge in [-0.1, -0.05) is 36.4 Å². The van der Waals surface area contributed by atoms with E-state index in [2.05, 4.69) is 21.3 Å². The van der Waals surface area contributed by atoms with E-state index in [1.165, 1.54) is 0 Å². The number of rotatable bonds is 5. The van der Waals surface area contributed by atoms with Crippen LogP contribution in [0.2, 0.25) is 0 Å². The number of anilines is 1. The lowest BCUT2D eigenvalue weighted by molar-refractivity contribution is -0.143. The van der Waals surface area contributed by atoms with E-state index in [-0.39, 0.29) is 23.9 Å². The Morgan fingerprint density at radius 1 is 1.09 bits per heavy atom. The topological polar surface area (TPSA) is 103 Å². The van der Waals surface area contributed by atoms with Crippen LogP contribution < -0.4 is 21.3 Å². The smallest absolute Gasteiger partial charge is 0.247 e. The van der Waals surface area contributed by atoms with Gasteiger partial charge >= 0.3 is 0 Å². The molecule has 8 nitrogen and oxygen atoms in total. The summed E-state index contributed by atoms with van der Waals surface area (Å²) in [5.74, 6) is -0.616. The summed E-state index contributed by atoms with van der Waals surface area (Å²) in [6.07, 6.45) is 2.39. The van der Waals surface area contributed by atoms with Crippen molar-refractivity contribution in [3.8, 4) is 0 Å². The van der Waals surface area contributed by atoms with Crippen LogP contribution in [0.1, 0.15) is 32.6 Å². The number of carbonyl (C=O) groups is 3. The Morgan fingerprint density at radius 2 is 1.88 bits per heavy atom. The van der Waals surface area contributed by atoms with E-state index in [1.54, 1.807) is 18.9 Å². The number of nitrogens with zero attached hydrogens (tertiary/aromatic N) is 1. The van der Waals surface area contributed by atoms with Crippen LogP contribution in [0.4, 0.5) is 5.69 Å². The number of carbonyl (C=O) groups excluding carboxylic acids is 3. The molecule has 4 atom stereocenters. The minimum atomic E-state index is -0.631. The highest BCUT2D eigenvalue weighted by atomic mass is 16.2. The molecule has 2 heterocycles. The van der Waals surface area contributed by atoms with Gasteiger partial charge in [-0.05, 0) is 57.7 Å². The van der Waals surface area contributed by atoms with Crippen LogP contribution in [-0.4, -0.2) is 60.5 Å². The molecule has 0 aromatic heterocycles. The van der Waals surface area contributed by atoms with E-state index < -0.39 is 18.1 Å². The van der Waals surface area contributed by atoms with Gasteiger partial charge in [0.1, 0.15) is 12.1 Å². The lowest BCUT2D eigenvalue weighted by Gasteiger charge is -2.35. The molecule has 4 N–H and O–H groups in total. The Morgan fingerprint density at radius 3 is 2.69 bits per heavy atom. The summed E-state index contributed by atoms with van der Waals surface area (Å²) in [4.78, 5) is 40.9. The molecule has 32 heavy (non-hydrogen) atoms. The van der Waals surface area contributed by atoms with Crippen molar-refractivity contribution in [3.63, 3.8) is 0 Å². The Kier molecular flexibility index (Phi) is 6.72. The Balaban J connectivity index is 1.54. The first-order valence-electron chi connectivity index (χ1n) is 11.3. The molecule has 0 spiro atoms. The van der Waals surface area contributed by atoms with Gasteiger partial charge in [0.25, 0.3) is 0 Å². The highest BCUT2D eigenvalue weighted by molar-refractivity contribution is 6.05. The number of fused-ring (bicyclic) bond motifs is 2. The zero-order valence-corrected chi connectivity index (χ0v) is 18.6. The lowest BCUT2D eigenvalue weighted by atomic mass is 10.1. The van der Waals surface area contributed by atoms with Gasteiger partial charge in [-0.2, -0.15) is 0 Å². The van der Waals surface area contributed by atoms with Gasteiger partial charge in [-0.25, -0.2) is 0 Å². The fourth-order valence-corrected chi connectivity index (χ4v) is 4.57. The molecule has 0 saturated carbocycles. The molecule has 2 aliphatic heterocycles.